The Labute approximate surface area is 111 Å². The normalized spacial score (nSPS) is 16.6. The van der Waals surface area contributed by atoms with E-state index in [1.165, 1.54) is 0 Å². The number of fused-ring (bicyclic) bond motifs is 1. The lowest BCUT2D eigenvalue weighted by atomic mass is 10.1. The number of nitrogens with zero attached hydrogens (tertiary/aromatic N) is 1. The highest BCUT2D eigenvalue weighted by molar-refractivity contribution is 7.13. The summed E-state index contributed by atoms with van der Waals surface area (Å²) < 4.78 is 5.94. The van der Waals surface area contributed by atoms with Gasteiger partial charge in [0.2, 0.25) is 0 Å². The molecule has 18 heavy (non-hydrogen) atoms. The van der Waals surface area contributed by atoms with Gasteiger partial charge in [0.15, 0.2) is 0 Å². The third kappa shape index (κ3) is 2.08. The number of aromatic nitrogens is 1. The quantitative estimate of drug-likeness (QED) is 0.849. The Morgan fingerprint density at radius 1 is 1.39 bits per heavy atom. The second kappa shape index (κ2) is 3.99. The zero-order valence-corrected chi connectivity index (χ0v) is 11.6. The average Bonchev–Trinajstić information content (AvgIpc) is 2.74. The van der Waals surface area contributed by atoms with Crippen LogP contribution in [0.15, 0.2) is 23.6 Å². The Morgan fingerprint density at radius 2 is 2.22 bits per heavy atom. The second-order valence-electron chi connectivity index (χ2n) is 5.22. The van der Waals surface area contributed by atoms with E-state index in [0.29, 0.717) is 0 Å². The van der Waals surface area contributed by atoms with Crippen LogP contribution in [0, 0.1) is 6.92 Å². The molecule has 0 fully saturated rings. The Hall–Kier alpha value is -1.55. The summed E-state index contributed by atoms with van der Waals surface area (Å²) in [6.07, 6.45) is 0. The lowest BCUT2D eigenvalue weighted by molar-refractivity contribution is 0.116. The van der Waals surface area contributed by atoms with Crippen molar-refractivity contribution in [3.8, 4) is 16.3 Å². The molecule has 4 heteroatoms. The minimum absolute atomic E-state index is 0.147. The van der Waals surface area contributed by atoms with Gasteiger partial charge >= 0.3 is 0 Å². The lowest BCUT2D eigenvalue weighted by Crippen LogP contribution is -2.39. The second-order valence-corrected chi connectivity index (χ2v) is 6.08. The smallest absolute Gasteiger partial charge is 0.143 e. The van der Waals surface area contributed by atoms with E-state index >= 15 is 0 Å². The number of anilines is 1. The van der Waals surface area contributed by atoms with Crippen LogP contribution in [0.5, 0.6) is 5.75 Å². The number of ether oxygens (including phenoxy) is 1. The van der Waals surface area contributed by atoms with Crippen molar-refractivity contribution >= 4 is 17.0 Å². The van der Waals surface area contributed by atoms with Crippen LogP contribution in [0.1, 0.15) is 19.5 Å². The maximum Gasteiger partial charge on any atom is 0.143 e. The summed E-state index contributed by atoms with van der Waals surface area (Å²) in [6, 6.07) is 6.21. The van der Waals surface area contributed by atoms with Gasteiger partial charge in [0, 0.05) is 16.6 Å². The van der Waals surface area contributed by atoms with Crippen LogP contribution in [0.2, 0.25) is 0 Å². The molecule has 0 spiro atoms. The number of benzene rings is 1. The van der Waals surface area contributed by atoms with Gasteiger partial charge in [-0.2, -0.15) is 0 Å². The molecule has 1 aliphatic rings. The number of hydrogen-bond acceptors (Lipinski definition) is 4. The van der Waals surface area contributed by atoms with E-state index in [4.69, 9.17) is 4.74 Å². The molecular weight excluding hydrogens is 244 g/mol. The van der Waals surface area contributed by atoms with Gasteiger partial charge in [-0.05, 0) is 39.0 Å². The molecule has 3 nitrogen and oxygen atoms in total. The monoisotopic (exact) mass is 260 g/mol. The first kappa shape index (κ1) is 11.5. The van der Waals surface area contributed by atoms with E-state index in [-0.39, 0.29) is 5.60 Å². The van der Waals surface area contributed by atoms with Gasteiger partial charge in [0.05, 0.1) is 12.2 Å². The summed E-state index contributed by atoms with van der Waals surface area (Å²) in [5.74, 6) is 0.920. The molecule has 0 aliphatic carbocycles. The largest absolute Gasteiger partial charge is 0.484 e. The molecule has 0 unspecified atom stereocenters. The molecule has 3 rings (SSSR count). The van der Waals surface area contributed by atoms with E-state index in [2.05, 4.69) is 41.7 Å². The van der Waals surface area contributed by atoms with Crippen LogP contribution in [0.3, 0.4) is 0 Å². The number of rotatable bonds is 1. The van der Waals surface area contributed by atoms with Crippen molar-refractivity contribution in [3.05, 3.63) is 29.3 Å². The van der Waals surface area contributed by atoms with Crippen molar-refractivity contribution in [1.29, 1.82) is 0 Å². The number of aryl methyl sites for hydroxylation is 1. The first-order valence-corrected chi connectivity index (χ1v) is 6.91. The van der Waals surface area contributed by atoms with Crippen LogP contribution in [-0.2, 0) is 0 Å². The predicted molar refractivity (Wildman–Crippen MR) is 75.5 cm³/mol. The fourth-order valence-corrected chi connectivity index (χ4v) is 2.81. The molecular formula is C14H16N2OS. The number of thiazole rings is 1. The van der Waals surface area contributed by atoms with E-state index in [1.54, 1.807) is 11.3 Å². The van der Waals surface area contributed by atoms with Gasteiger partial charge in [0.25, 0.3) is 0 Å². The molecule has 0 atom stereocenters. The summed E-state index contributed by atoms with van der Waals surface area (Å²) in [5.41, 5.74) is 3.12. The topological polar surface area (TPSA) is 34.1 Å². The van der Waals surface area contributed by atoms with Gasteiger partial charge in [-0.25, -0.2) is 4.98 Å². The van der Waals surface area contributed by atoms with Gasteiger partial charge < -0.3 is 10.1 Å². The third-order valence-electron chi connectivity index (χ3n) is 2.94. The van der Waals surface area contributed by atoms with E-state index in [9.17, 15) is 0 Å². The van der Waals surface area contributed by atoms with E-state index in [1.807, 2.05) is 13.0 Å². The van der Waals surface area contributed by atoms with Gasteiger partial charge in [0.1, 0.15) is 16.4 Å². The van der Waals surface area contributed by atoms with E-state index in [0.717, 1.165) is 34.2 Å². The molecule has 0 radical (unpaired) electrons. The molecule has 1 aromatic heterocycles. The van der Waals surface area contributed by atoms with Crippen LogP contribution in [0.4, 0.5) is 5.69 Å². The third-order valence-corrected chi connectivity index (χ3v) is 3.95. The van der Waals surface area contributed by atoms with Crippen molar-refractivity contribution in [2.75, 3.05) is 11.9 Å². The highest BCUT2D eigenvalue weighted by atomic mass is 32.1. The molecule has 1 N–H and O–H groups in total. The Balaban J connectivity index is 1.97. The standard InChI is InChI=1S/C14H16N2OS/c1-9-7-18-13(16-9)10-4-5-12-11(6-10)15-8-14(2,3)17-12/h4-7,15H,8H2,1-3H3. The highest BCUT2D eigenvalue weighted by Crippen LogP contribution is 2.36. The first-order chi connectivity index (χ1) is 8.53. The molecule has 1 aromatic carbocycles. The molecule has 0 saturated heterocycles. The molecule has 0 saturated carbocycles. The molecule has 0 bridgehead atoms. The van der Waals surface area contributed by atoms with E-state index < -0.39 is 0 Å². The minimum Gasteiger partial charge on any atom is -0.484 e. The zero-order chi connectivity index (χ0) is 12.8. The van der Waals surface area contributed by atoms with Gasteiger partial charge in [-0.1, -0.05) is 0 Å². The fourth-order valence-electron chi connectivity index (χ4n) is 2.02. The van der Waals surface area contributed by atoms with Crippen LogP contribution >= 0.6 is 11.3 Å². The van der Waals surface area contributed by atoms with Crippen molar-refractivity contribution in [2.24, 2.45) is 0 Å². The van der Waals surface area contributed by atoms with Crippen LogP contribution < -0.4 is 10.1 Å². The van der Waals surface area contributed by atoms with Crippen LogP contribution in [0.25, 0.3) is 10.6 Å². The summed E-state index contributed by atoms with van der Waals surface area (Å²) in [4.78, 5) is 4.51. The highest BCUT2D eigenvalue weighted by Gasteiger charge is 2.26. The van der Waals surface area contributed by atoms with Crippen molar-refractivity contribution in [2.45, 2.75) is 26.4 Å². The zero-order valence-electron chi connectivity index (χ0n) is 10.8. The fraction of sp³-hybridized carbons (Fsp3) is 0.357. The van der Waals surface area contributed by atoms with Crippen molar-refractivity contribution < 1.29 is 4.74 Å². The average molecular weight is 260 g/mol. The molecule has 1 aliphatic heterocycles. The Kier molecular flexibility index (Phi) is 2.55. The lowest BCUT2D eigenvalue weighted by Gasteiger charge is -2.33. The van der Waals surface area contributed by atoms with Crippen molar-refractivity contribution in [1.82, 2.24) is 4.98 Å². The van der Waals surface area contributed by atoms with Gasteiger partial charge in [-0.15, -0.1) is 11.3 Å². The van der Waals surface area contributed by atoms with Crippen molar-refractivity contribution in [3.63, 3.8) is 0 Å². The number of hydrogen-bond donors (Lipinski definition) is 1. The maximum atomic E-state index is 5.94. The Bertz CT molecular complexity index is 589. The van der Waals surface area contributed by atoms with Gasteiger partial charge in [-0.3, -0.25) is 0 Å². The summed E-state index contributed by atoms with van der Waals surface area (Å²) in [6.45, 7) is 7.00. The predicted octanol–water partition coefficient (Wildman–Crippen LogP) is 3.70. The molecule has 0 amide bonds. The summed E-state index contributed by atoms with van der Waals surface area (Å²) in [5, 5.41) is 6.55. The maximum absolute atomic E-state index is 5.94. The SMILES string of the molecule is Cc1csc(-c2ccc3c(c2)NCC(C)(C)O3)n1. The molecule has 2 aromatic rings. The Morgan fingerprint density at radius 3 is 2.94 bits per heavy atom. The minimum atomic E-state index is -0.147. The molecule has 2 heterocycles. The summed E-state index contributed by atoms with van der Waals surface area (Å²) >= 11 is 1.67. The van der Waals surface area contributed by atoms with Crippen LogP contribution in [-0.4, -0.2) is 17.1 Å². The molecule has 94 valence electrons. The number of nitrogens with one attached hydrogen (secondary N) is 1. The first-order valence-electron chi connectivity index (χ1n) is 6.03. The summed E-state index contributed by atoms with van der Waals surface area (Å²) in [7, 11) is 0.